The molecule has 5 nitrogen and oxygen atoms in total. The Morgan fingerprint density at radius 3 is 3.00 bits per heavy atom. The predicted molar refractivity (Wildman–Crippen MR) is 82.0 cm³/mol. The zero-order valence-corrected chi connectivity index (χ0v) is 12.6. The summed E-state index contributed by atoms with van der Waals surface area (Å²) < 4.78 is 7.76. The van der Waals surface area contributed by atoms with E-state index >= 15 is 0 Å². The summed E-state index contributed by atoms with van der Waals surface area (Å²) >= 11 is 3.29. The van der Waals surface area contributed by atoms with E-state index in [0.29, 0.717) is 21.9 Å². The molecular weight excluding hydrogens is 334 g/mol. The van der Waals surface area contributed by atoms with Crippen LogP contribution in [0, 0.1) is 0 Å². The molecule has 0 aliphatic heterocycles. The van der Waals surface area contributed by atoms with Gasteiger partial charge in [-0.15, -0.1) is 0 Å². The van der Waals surface area contributed by atoms with Gasteiger partial charge in [-0.1, -0.05) is 12.1 Å². The smallest absolute Gasteiger partial charge is 0.315 e. The van der Waals surface area contributed by atoms with Crippen molar-refractivity contribution in [3.8, 4) is 11.5 Å². The number of aromatic amines is 1. The van der Waals surface area contributed by atoms with E-state index < -0.39 is 0 Å². The topological polar surface area (TPSA) is 59.4 Å². The monoisotopic (exact) mass is 345 g/mol. The van der Waals surface area contributed by atoms with Crippen molar-refractivity contribution in [2.45, 2.75) is 18.8 Å². The van der Waals surface area contributed by atoms with Crippen molar-refractivity contribution in [1.29, 1.82) is 0 Å². The highest BCUT2D eigenvalue weighted by Crippen LogP contribution is 2.41. The van der Waals surface area contributed by atoms with Gasteiger partial charge in [-0.25, -0.2) is 4.98 Å². The number of benzene rings is 1. The van der Waals surface area contributed by atoms with E-state index in [0.717, 1.165) is 0 Å². The van der Waals surface area contributed by atoms with Crippen LogP contribution < -0.4 is 10.3 Å². The first kappa shape index (κ1) is 12.6. The first-order valence-electron chi connectivity index (χ1n) is 6.75. The molecule has 1 aliphatic carbocycles. The minimum atomic E-state index is -0.262. The van der Waals surface area contributed by atoms with E-state index in [9.17, 15) is 4.79 Å². The van der Waals surface area contributed by atoms with Crippen molar-refractivity contribution in [2.75, 3.05) is 0 Å². The molecule has 0 unspecified atom stereocenters. The molecule has 1 aromatic carbocycles. The van der Waals surface area contributed by atoms with E-state index in [2.05, 4.69) is 32.1 Å². The standard InChI is InChI=1S/C15H12BrN3O2/c16-13-7-14-17-8-12(15(20)19(14)18-13)21-11-3-1-2-10(6-11)9-4-5-9/h1-3,6-9,18H,4-5H2. The van der Waals surface area contributed by atoms with Gasteiger partial charge in [0.25, 0.3) is 0 Å². The molecule has 1 saturated carbocycles. The number of ether oxygens (including phenoxy) is 1. The van der Waals surface area contributed by atoms with E-state index in [1.165, 1.54) is 29.1 Å². The van der Waals surface area contributed by atoms with Crippen LogP contribution in [-0.4, -0.2) is 14.6 Å². The van der Waals surface area contributed by atoms with Gasteiger partial charge in [0.05, 0.1) is 6.20 Å². The summed E-state index contributed by atoms with van der Waals surface area (Å²) in [6.07, 6.45) is 3.92. The minimum Gasteiger partial charge on any atom is -0.450 e. The molecule has 1 N–H and O–H groups in total. The van der Waals surface area contributed by atoms with Crippen LogP contribution in [0.4, 0.5) is 0 Å². The minimum absolute atomic E-state index is 0.204. The third-order valence-electron chi connectivity index (χ3n) is 3.57. The van der Waals surface area contributed by atoms with Gasteiger partial charge in [0.2, 0.25) is 5.75 Å². The van der Waals surface area contributed by atoms with Gasteiger partial charge in [-0.3, -0.25) is 9.89 Å². The van der Waals surface area contributed by atoms with Gasteiger partial charge in [0.1, 0.15) is 10.4 Å². The van der Waals surface area contributed by atoms with E-state index in [1.807, 2.05) is 18.2 Å². The molecule has 3 aromatic rings. The summed E-state index contributed by atoms with van der Waals surface area (Å²) in [5.74, 6) is 1.52. The summed E-state index contributed by atoms with van der Waals surface area (Å²) in [5.41, 5.74) is 1.55. The Hall–Kier alpha value is -2.08. The molecule has 1 aliphatic rings. The Bertz CT molecular complexity index is 880. The zero-order valence-electron chi connectivity index (χ0n) is 11.0. The highest BCUT2D eigenvalue weighted by Gasteiger charge is 2.23. The second-order valence-electron chi connectivity index (χ2n) is 5.17. The normalized spacial score (nSPS) is 14.5. The number of halogens is 1. The Morgan fingerprint density at radius 1 is 1.33 bits per heavy atom. The largest absolute Gasteiger partial charge is 0.450 e. The van der Waals surface area contributed by atoms with Crippen LogP contribution in [0.25, 0.3) is 5.65 Å². The van der Waals surface area contributed by atoms with Crippen molar-refractivity contribution < 1.29 is 4.74 Å². The van der Waals surface area contributed by atoms with Crippen LogP contribution in [0.5, 0.6) is 11.5 Å². The van der Waals surface area contributed by atoms with Gasteiger partial charge < -0.3 is 4.74 Å². The number of fused-ring (bicyclic) bond motifs is 1. The fourth-order valence-corrected chi connectivity index (χ4v) is 2.74. The highest BCUT2D eigenvalue weighted by molar-refractivity contribution is 9.10. The molecule has 0 saturated heterocycles. The molecule has 0 atom stereocenters. The molecule has 106 valence electrons. The fourth-order valence-electron chi connectivity index (χ4n) is 2.36. The number of nitrogens with zero attached hydrogens (tertiary/aromatic N) is 2. The number of hydrogen-bond acceptors (Lipinski definition) is 3. The van der Waals surface area contributed by atoms with Crippen LogP contribution in [0.15, 0.2) is 45.9 Å². The molecule has 21 heavy (non-hydrogen) atoms. The van der Waals surface area contributed by atoms with Gasteiger partial charge in [0, 0.05) is 6.07 Å². The molecule has 0 amide bonds. The first-order valence-corrected chi connectivity index (χ1v) is 7.54. The Morgan fingerprint density at radius 2 is 2.19 bits per heavy atom. The quantitative estimate of drug-likeness (QED) is 0.790. The highest BCUT2D eigenvalue weighted by atomic mass is 79.9. The van der Waals surface area contributed by atoms with E-state index in [4.69, 9.17) is 4.74 Å². The van der Waals surface area contributed by atoms with Crippen LogP contribution in [0.3, 0.4) is 0 Å². The lowest BCUT2D eigenvalue weighted by molar-refractivity contribution is 0.468. The Balaban J connectivity index is 1.72. The van der Waals surface area contributed by atoms with Gasteiger partial charge in [0.15, 0.2) is 5.65 Å². The van der Waals surface area contributed by atoms with Crippen molar-refractivity contribution >= 4 is 21.6 Å². The van der Waals surface area contributed by atoms with Crippen LogP contribution in [0.2, 0.25) is 0 Å². The van der Waals surface area contributed by atoms with Crippen LogP contribution >= 0.6 is 15.9 Å². The maximum Gasteiger partial charge on any atom is 0.315 e. The van der Waals surface area contributed by atoms with Crippen LogP contribution in [-0.2, 0) is 0 Å². The Labute approximate surface area is 128 Å². The molecule has 1 fully saturated rings. The van der Waals surface area contributed by atoms with Crippen molar-refractivity contribution in [2.24, 2.45) is 0 Å². The predicted octanol–water partition coefficient (Wildman–Crippen LogP) is 3.45. The lowest BCUT2D eigenvalue weighted by atomic mass is 10.1. The first-order chi connectivity index (χ1) is 10.2. The second kappa shape index (κ2) is 4.73. The van der Waals surface area contributed by atoms with Crippen LogP contribution in [0.1, 0.15) is 24.3 Å². The number of aromatic nitrogens is 3. The summed E-state index contributed by atoms with van der Waals surface area (Å²) in [7, 11) is 0. The van der Waals surface area contributed by atoms with E-state index in [1.54, 1.807) is 6.07 Å². The molecular formula is C15H12BrN3O2. The number of nitrogens with one attached hydrogen (secondary N) is 1. The average Bonchev–Trinajstić information content (AvgIpc) is 3.25. The van der Waals surface area contributed by atoms with Gasteiger partial charge in [-0.05, 0) is 52.4 Å². The lowest BCUT2D eigenvalue weighted by Crippen LogP contribution is -2.16. The SMILES string of the molecule is O=c1c(Oc2cccc(C3CC3)c2)cnc2cc(Br)[nH]n12. The Kier molecular flexibility index (Phi) is 2.85. The van der Waals surface area contributed by atoms with Crippen molar-refractivity contribution in [3.63, 3.8) is 0 Å². The van der Waals surface area contributed by atoms with Gasteiger partial charge in [-0.2, -0.15) is 4.52 Å². The lowest BCUT2D eigenvalue weighted by Gasteiger charge is -2.06. The number of rotatable bonds is 3. The third-order valence-corrected chi connectivity index (χ3v) is 3.97. The van der Waals surface area contributed by atoms with Crippen molar-refractivity contribution in [1.82, 2.24) is 14.6 Å². The molecule has 0 radical (unpaired) electrons. The summed E-state index contributed by atoms with van der Waals surface area (Å²) in [4.78, 5) is 16.5. The maximum absolute atomic E-state index is 12.3. The molecule has 2 heterocycles. The van der Waals surface area contributed by atoms with Crippen molar-refractivity contribution in [3.05, 3.63) is 57.0 Å². The molecule has 6 heteroatoms. The summed E-state index contributed by atoms with van der Waals surface area (Å²) in [6, 6.07) is 9.64. The second-order valence-corrected chi connectivity index (χ2v) is 6.03. The molecule has 2 aromatic heterocycles. The molecule has 4 rings (SSSR count). The maximum atomic E-state index is 12.3. The number of hydrogen-bond donors (Lipinski definition) is 1. The van der Waals surface area contributed by atoms with E-state index in [-0.39, 0.29) is 11.3 Å². The van der Waals surface area contributed by atoms with Gasteiger partial charge >= 0.3 is 5.56 Å². The fraction of sp³-hybridized carbons (Fsp3) is 0.200. The summed E-state index contributed by atoms with van der Waals surface area (Å²) in [6.45, 7) is 0. The third kappa shape index (κ3) is 2.35. The molecule has 0 spiro atoms. The molecule has 0 bridgehead atoms. The zero-order chi connectivity index (χ0) is 14.4. The summed E-state index contributed by atoms with van der Waals surface area (Å²) in [5, 5.41) is 2.87. The average molecular weight is 346 g/mol. The number of H-pyrrole nitrogens is 1.